The van der Waals surface area contributed by atoms with E-state index in [-0.39, 0.29) is 0 Å². The van der Waals surface area contributed by atoms with Crippen molar-refractivity contribution in [3.05, 3.63) is 82.8 Å². The Morgan fingerprint density at radius 2 is 1.86 bits per heavy atom. The van der Waals surface area contributed by atoms with E-state index < -0.39 is 0 Å². The van der Waals surface area contributed by atoms with Crippen molar-refractivity contribution >= 4 is 5.69 Å². The van der Waals surface area contributed by atoms with Crippen molar-refractivity contribution in [3.8, 4) is 22.4 Å². The van der Waals surface area contributed by atoms with Crippen molar-refractivity contribution in [2.45, 2.75) is 13.3 Å². The molecule has 0 spiro atoms. The highest BCUT2D eigenvalue weighted by Gasteiger charge is 2.22. The maximum Gasteiger partial charge on any atom is 0.190 e. The SMILES string of the molecule is [C-]#[N+]c1cc2c(cc1C)-c1cccc(-c3ccccn3)c1C2. The lowest BCUT2D eigenvalue weighted by Gasteiger charge is -2.08. The molecule has 4 rings (SSSR count). The first-order valence-corrected chi connectivity index (χ1v) is 7.32. The summed E-state index contributed by atoms with van der Waals surface area (Å²) in [5.41, 5.74) is 9.10. The van der Waals surface area contributed by atoms with Gasteiger partial charge in [0.15, 0.2) is 5.69 Å². The van der Waals surface area contributed by atoms with Gasteiger partial charge in [-0.15, -0.1) is 0 Å². The number of aryl methyl sites for hydroxylation is 1. The summed E-state index contributed by atoms with van der Waals surface area (Å²) in [4.78, 5) is 8.12. The molecule has 0 fully saturated rings. The Morgan fingerprint density at radius 3 is 2.64 bits per heavy atom. The number of aromatic nitrogens is 1. The van der Waals surface area contributed by atoms with E-state index in [2.05, 4.69) is 40.2 Å². The quantitative estimate of drug-likeness (QED) is 0.440. The standard InChI is InChI=1S/C20H14N2/c1-13-10-17-14(12-20(13)21-2)11-18-15(17)6-5-7-16(18)19-8-3-4-9-22-19/h3-10,12H,11H2,1H3. The largest absolute Gasteiger partial charge is 0.256 e. The number of hydrogen-bond donors (Lipinski definition) is 0. The molecule has 2 heteroatoms. The minimum absolute atomic E-state index is 0.756. The first-order valence-electron chi connectivity index (χ1n) is 7.32. The maximum atomic E-state index is 7.30. The molecule has 0 N–H and O–H groups in total. The Hall–Kier alpha value is -2.92. The lowest BCUT2D eigenvalue weighted by molar-refractivity contribution is 1.24. The Kier molecular flexibility index (Phi) is 2.80. The molecule has 0 unspecified atom stereocenters. The van der Waals surface area contributed by atoms with Crippen molar-refractivity contribution in [2.75, 3.05) is 0 Å². The van der Waals surface area contributed by atoms with Crippen molar-refractivity contribution in [2.24, 2.45) is 0 Å². The zero-order chi connectivity index (χ0) is 15.1. The number of hydrogen-bond acceptors (Lipinski definition) is 1. The van der Waals surface area contributed by atoms with Gasteiger partial charge in [0.2, 0.25) is 0 Å². The molecule has 1 aliphatic carbocycles. The highest BCUT2D eigenvalue weighted by Crippen LogP contribution is 2.43. The van der Waals surface area contributed by atoms with Crippen molar-refractivity contribution in [1.82, 2.24) is 4.98 Å². The van der Waals surface area contributed by atoms with Gasteiger partial charge in [0.1, 0.15) is 0 Å². The van der Waals surface area contributed by atoms with Gasteiger partial charge in [-0.3, -0.25) is 4.98 Å². The van der Waals surface area contributed by atoms with Crippen LogP contribution >= 0.6 is 0 Å². The van der Waals surface area contributed by atoms with Crippen LogP contribution in [0.15, 0.2) is 54.7 Å². The van der Waals surface area contributed by atoms with Crippen LogP contribution in [0.2, 0.25) is 0 Å². The molecule has 1 aromatic heterocycles. The van der Waals surface area contributed by atoms with E-state index in [1.165, 1.54) is 27.8 Å². The predicted molar refractivity (Wildman–Crippen MR) is 88.9 cm³/mol. The lowest BCUT2D eigenvalue weighted by Crippen LogP contribution is -1.89. The van der Waals surface area contributed by atoms with E-state index in [1.807, 2.05) is 31.3 Å². The van der Waals surface area contributed by atoms with Crippen molar-refractivity contribution in [3.63, 3.8) is 0 Å². The summed E-state index contributed by atoms with van der Waals surface area (Å²) in [6, 6.07) is 16.6. The topological polar surface area (TPSA) is 17.2 Å². The summed E-state index contributed by atoms with van der Waals surface area (Å²) >= 11 is 0. The molecule has 104 valence electrons. The van der Waals surface area contributed by atoms with Crippen LogP contribution in [0.5, 0.6) is 0 Å². The summed E-state index contributed by atoms with van der Waals surface area (Å²) in [6.45, 7) is 9.31. The molecule has 0 amide bonds. The fraction of sp³-hybridized carbons (Fsp3) is 0.100. The number of pyridine rings is 1. The second-order valence-corrected chi connectivity index (χ2v) is 5.63. The van der Waals surface area contributed by atoms with E-state index in [1.54, 1.807) is 0 Å². The van der Waals surface area contributed by atoms with Crippen molar-refractivity contribution in [1.29, 1.82) is 0 Å². The molecule has 22 heavy (non-hydrogen) atoms. The monoisotopic (exact) mass is 282 g/mol. The molecular formula is C20H14N2. The second kappa shape index (κ2) is 4.82. The van der Waals surface area contributed by atoms with E-state index in [0.29, 0.717) is 0 Å². The molecule has 0 saturated carbocycles. The zero-order valence-corrected chi connectivity index (χ0v) is 12.3. The van der Waals surface area contributed by atoms with E-state index >= 15 is 0 Å². The maximum absolute atomic E-state index is 7.30. The smallest absolute Gasteiger partial charge is 0.190 e. The summed E-state index contributed by atoms with van der Waals surface area (Å²) in [5.74, 6) is 0. The van der Waals surface area contributed by atoms with Crippen LogP contribution in [0.25, 0.3) is 27.2 Å². The third-order valence-corrected chi connectivity index (χ3v) is 4.32. The number of nitrogens with zero attached hydrogens (tertiary/aromatic N) is 2. The molecule has 2 aromatic carbocycles. The Labute approximate surface area is 129 Å². The molecule has 0 aliphatic heterocycles. The molecule has 3 aromatic rings. The minimum Gasteiger partial charge on any atom is -0.256 e. The van der Waals surface area contributed by atoms with Crippen molar-refractivity contribution < 1.29 is 0 Å². The molecule has 0 saturated heterocycles. The summed E-state index contributed by atoms with van der Waals surface area (Å²) in [6.07, 6.45) is 2.71. The summed E-state index contributed by atoms with van der Waals surface area (Å²) < 4.78 is 0. The first-order chi connectivity index (χ1) is 10.8. The average Bonchev–Trinajstić information content (AvgIpc) is 2.92. The van der Waals surface area contributed by atoms with Gasteiger partial charge >= 0.3 is 0 Å². The molecule has 0 bridgehead atoms. The number of benzene rings is 2. The summed E-state index contributed by atoms with van der Waals surface area (Å²) in [5, 5.41) is 0. The molecule has 1 heterocycles. The van der Waals surface area contributed by atoms with E-state index in [4.69, 9.17) is 6.57 Å². The van der Waals surface area contributed by atoms with E-state index in [9.17, 15) is 0 Å². The van der Waals surface area contributed by atoms with Crippen LogP contribution in [0.1, 0.15) is 16.7 Å². The van der Waals surface area contributed by atoms with Gasteiger partial charge in [-0.05, 0) is 53.3 Å². The molecule has 0 radical (unpaired) electrons. The first kappa shape index (κ1) is 12.8. The van der Waals surface area contributed by atoms with Crippen LogP contribution in [0.3, 0.4) is 0 Å². The molecule has 1 aliphatic rings. The third kappa shape index (κ3) is 1.83. The van der Waals surface area contributed by atoms with Crippen LogP contribution in [0.4, 0.5) is 5.69 Å². The highest BCUT2D eigenvalue weighted by molar-refractivity contribution is 5.85. The van der Waals surface area contributed by atoms with Crippen LogP contribution in [-0.4, -0.2) is 4.98 Å². The Bertz CT molecular complexity index is 918. The Morgan fingerprint density at radius 1 is 1.00 bits per heavy atom. The van der Waals surface area contributed by atoms with Crippen LogP contribution in [-0.2, 0) is 6.42 Å². The normalized spacial score (nSPS) is 11.6. The van der Waals surface area contributed by atoms with Gasteiger partial charge in [0.05, 0.1) is 12.3 Å². The number of rotatable bonds is 1. The third-order valence-electron chi connectivity index (χ3n) is 4.32. The van der Waals surface area contributed by atoms with Gasteiger partial charge in [-0.25, -0.2) is 4.85 Å². The average molecular weight is 282 g/mol. The second-order valence-electron chi connectivity index (χ2n) is 5.63. The van der Waals surface area contributed by atoms with Gasteiger partial charge in [0.25, 0.3) is 0 Å². The van der Waals surface area contributed by atoms with Gasteiger partial charge < -0.3 is 0 Å². The van der Waals surface area contributed by atoms with Crippen LogP contribution in [0, 0.1) is 13.5 Å². The molecule has 0 atom stereocenters. The van der Waals surface area contributed by atoms with Gasteiger partial charge in [-0.1, -0.05) is 36.4 Å². The predicted octanol–water partition coefficient (Wildman–Crippen LogP) is 5.18. The number of fused-ring (bicyclic) bond motifs is 3. The zero-order valence-electron chi connectivity index (χ0n) is 12.3. The van der Waals surface area contributed by atoms with E-state index in [0.717, 1.165) is 23.4 Å². The van der Waals surface area contributed by atoms with Gasteiger partial charge in [0, 0.05) is 11.8 Å². The summed E-state index contributed by atoms with van der Waals surface area (Å²) in [7, 11) is 0. The van der Waals surface area contributed by atoms with Gasteiger partial charge in [-0.2, -0.15) is 0 Å². The molecule has 2 nitrogen and oxygen atoms in total. The highest BCUT2D eigenvalue weighted by atomic mass is 14.7. The lowest BCUT2D eigenvalue weighted by atomic mass is 9.98. The Balaban J connectivity index is 1.93. The fourth-order valence-electron chi connectivity index (χ4n) is 3.24. The fourth-order valence-corrected chi connectivity index (χ4v) is 3.24. The van der Waals surface area contributed by atoms with Crippen LogP contribution < -0.4 is 0 Å². The molecular weight excluding hydrogens is 268 g/mol. The minimum atomic E-state index is 0.756.